The van der Waals surface area contributed by atoms with E-state index in [0.717, 1.165) is 16.8 Å². The third-order valence-electron chi connectivity index (χ3n) is 3.89. The van der Waals surface area contributed by atoms with Crippen LogP contribution in [0.4, 0.5) is 5.82 Å². The van der Waals surface area contributed by atoms with Gasteiger partial charge in [0, 0.05) is 11.5 Å². The average Bonchev–Trinajstić information content (AvgIpc) is 3.10. The van der Waals surface area contributed by atoms with Gasteiger partial charge in [-0.05, 0) is 44.9 Å². The van der Waals surface area contributed by atoms with Crippen LogP contribution in [0.25, 0.3) is 16.6 Å². The first-order chi connectivity index (χ1) is 11.7. The Morgan fingerprint density at radius 2 is 1.96 bits per heavy atom. The first-order valence-corrected chi connectivity index (χ1v) is 8.23. The fraction of sp³-hybridized carbons (Fsp3) is 0.389. The van der Waals surface area contributed by atoms with Gasteiger partial charge >= 0.3 is 5.97 Å². The highest BCUT2D eigenvalue weighted by Crippen LogP contribution is 2.23. The number of carbonyl (C=O) groups is 1. The second-order valence-electron chi connectivity index (χ2n) is 7.45. The molecule has 0 bridgehead atoms. The molecule has 25 heavy (non-hydrogen) atoms. The van der Waals surface area contributed by atoms with Crippen molar-refractivity contribution >= 4 is 22.7 Å². The highest BCUT2D eigenvalue weighted by atomic mass is 16.7. The molecule has 0 spiro atoms. The van der Waals surface area contributed by atoms with Gasteiger partial charge in [0.2, 0.25) is 0 Å². The lowest BCUT2D eigenvalue weighted by atomic mass is 9.98. The van der Waals surface area contributed by atoms with Gasteiger partial charge in [-0.1, -0.05) is 18.7 Å². The number of anilines is 1. The van der Waals surface area contributed by atoms with Crippen LogP contribution in [-0.2, 0) is 4.79 Å². The maximum atomic E-state index is 12.1. The predicted octanol–water partition coefficient (Wildman–Crippen LogP) is 2.93. The Kier molecular flexibility index (Phi) is 4.02. The van der Waals surface area contributed by atoms with Crippen LogP contribution in [0.1, 0.15) is 46.2 Å². The van der Waals surface area contributed by atoms with E-state index >= 15 is 0 Å². The van der Waals surface area contributed by atoms with E-state index in [1.165, 1.54) is 4.85 Å². The number of carbonyl (C=O) groups excluding carboxylic acids is 1. The molecular formula is C18H23N5O2. The van der Waals surface area contributed by atoms with Crippen LogP contribution in [0.5, 0.6) is 0 Å². The molecule has 2 aromatic heterocycles. The summed E-state index contributed by atoms with van der Waals surface area (Å²) < 4.78 is 1.70. The summed E-state index contributed by atoms with van der Waals surface area (Å²) in [5.74, 6) is 0.529. The highest BCUT2D eigenvalue weighted by molar-refractivity contribution is 5.82. The van der Waals surface area contributed by atoms with Gasteiger partial charge in [0.25, 0.3) is 0 Å². The molecule has 7 heteroatoms. The fourth-order valence-corrected chi connectivity index (χ4v) is 2.32. The minimum absolute atomic E-state index is 0.298. The molecular weight excluding hydrogens is 318 g/mol. The fourth-order valence-electron chi connectivity index (χ4n) is 2.32. The molecule has 0 saturated carbocycles. The van der Waals surface area contributed by atoms with E-state index in [9.17, 15) is 4.79 Å². The van der Waals surface area contributed by atoms with Gasteiger partial charge in [-0.3, -0.25) is 0 Å². The summed E-state index contributed by atoms with van der Waals surface area (Å²) in [5, 5.41) is 9.54. The molecule has 2 N–H and O–H groups in total. The lowest BCUT2D eigenvalue weighted by Crippen LogP contribution is -2.31. The van der Waals surface area contributed by atoms with Crippen LogP contribution < -0.4 is 10.6 Å². The predicted molar refractivity (Wildman–Crippen MR) is 96.4 cm³/mol. The van der Waals surface area contributed by atoms with E-state index in [1.54, 1.807) is 31.6 Å². The standard InChI is InChI=1S/C18H23N5O2/c1-11(2)14-9-16(19)22(21-14)13-6-7-15-12(8-13)10-20-23(15)25-17(24)18(3,4)5/h6-11H,19H2,1-5H3. The molecule has 0 unspecified atom stereocenters. The SMILES string of the molecule is CC(C)c1cc(N)n(-c2ccc3c(cnn3OC(=O)C(C)(C)C)c2)n1. The molecule has 2 heterocycles. The van der Waals surface area contributed by atoms with Crippen molar-refractivity contribution in [1.29, 1.82) is 0 Å². The van der Waals surface area contributed by atoms with Gasteiger partial charge in [-0.25, -0.2) is 9.48 Å². The van der Waals surface area contributed by atoms with Crippen LogP contribution in [0.2, 0.25) is 0 Å². The van der Waals surface area contributed by atoms with Crippen molar-refractivity contribution in [3.63, 3.8) is 0 Å². The monoisotopic (exact) mass is 341 g/mol. The molecule has 7 nitrogen and oxygen atoms in total. The summed E-state index contributed by atoms with van der Waals surface area (Å²) in [5.41, 5.74) is 7.96. The van der Waals surface area contributed by atoms with Gasteiger partial charge in [0.15, 0.2) is 0 Å². The normalized spacial score (nSPS) is 12.1. The maximum Gasteiger partial charge on any atom is 0.340 e. The Balaban J connectivity index is 1.96. The third-order valence-corrected chi connectivity index (χ3v) is 3.89. The number of aromatic nitrogens is 4. The van der Waals surface area contributed by atoms with Crippen molar-refractivity contribution in [2.75, 3.05) is 5.73 Å². The Hall–Kier alpha value is -2.83. The number of fused-ring (bicyclic) bond motifs is 1. The summed E-state index contributed by atoms with van der Waals surface area (Å²) in [6.07, 6.45) is 1.65. The highest BCUT2D eigenvalue weighted by Gasteiger charge is 2.25. The zero-order valence-corrected chi connectivity index (χ0v) is 15.1. The molecule has 0 aliphatic heterocycles. The quantitative estimate of drug-likeness (QED) is 0.791. The zero-order valence-electron chi connectivity index (χ0n) is 15.1. The van der Waals surface area contributed by atoms with E-state index in [4.69, 9.17) is 10.6 Å². The van der Waals surface area contributed by atoms with Gasteiger partial charge in [0.1, 0.15) is 11.3 Å². The number of hydrogen-bond donors (Lipinski definition) is 1. The lowest BCUT2D eigenvalue weighted by molar-refractivity contribution is -0.154. The number of nitrogens with two attached hydrogens (primary N) is 1. The smallest absolute Gasteiger partial charge is 0.340 e. The molecule has 0 atom stereocenters. The van der Waals surface area contributed by atoms with Crippen LogP contribution in [-0.4, -0.2) is 25.7 Å². The summed E-state index contributed by atoms with van der Waals surface area (Å²) in [4.78, 5) is 18.7. The van der Waals surface area contributed by atoms with E-state index < -0.39 is 5.41 Å². The Labute approximate surface area is 146 Å². The summed E-state index contributed by atoms with van der Waals surface area (Å²) in [6, 6.07) is 7.50. The first kappa shape index (κ1) is 17.0. The number of nitrogen functional groups attached to an aromatic ring is 1. The van der Waals surface area contributed by atoms with E-state index in [0.29, 0.717) is 17.3 Å². The Morgan fingerprint density at radius 1 is 1.24 bits per heavy atom. The van der Waals surface area contributed by atoms with E-state index in [2.05, 4.69) is 24.0 Å². The first-order valence-electron chi connectivity index (χ1n) is 8.23. The molecule has 0 radical (unpaired) electrons. The number of benzene rings is 1. The van der Waals surface area contributed by atoms with E-state index in [-0.39, 0.29) is 5.97 Å². The molecule has 0 saturated heterocycles. The van der Waals surface area contributed by atoms with Gasteiger partial charge in [-0.15, -0.1) is 5.10 Å². The molecule has 3 rings (SSSR count). The molecule has 0 aliphatic carbocycles. The van der Waals surface area contributed by atoms with Gasteiger partial charge in [-0.2, -0.15) is 5.10 Å². The maximum absolute atomic E-state index is 12.1. The third kappa shape index (κ3) is 3.22. The number of rotatable bonds is 3. The van der Waals surface area contributed by atoms with Crippen LogP contribution in [0.3, 0.4) is 0 Å². The van der Waals surface area contributed by atoms with E-state index in [1.807, 2.05) is 24.3 Å². The van der Waals surface area contributed by atoms with Gasteiger partial charge < -0.3 is 10.6 Å². The van der Waals surface area contributed by atoms with Crippen LogP contribution in [0.15, 0.2) is 30.5 Å². The minimum atomic E-state index is -0.602. The largest absolute Gasteiger partial charge is 0.384 e. The summed E-state index contributed by atoms with van der Waals surface area (Å²) in [6.45, 7) is 9.54. The van der Waals surface area contributed by atoms with Crippen molar-refractivity contribution in [3.8, 4) is 5.69 Å². The molecule has 0 amide bonds. The average molecular weight is 341 g/mol. The lowest BCUT2D eigenvalue weighted by Gasteiger charge is -2.15. The molecule has 3 aromatic rings. The molecule has 0 aliphatic rings. The number of hydrogen-bond acceptors (Lipinski definition) is 5. The molecule has 132 valence electrons. The molecule has 1 aromatic carbocycles. The summed E-state index contributed by atoms with van der Waals surface area (Å²) >= 11 is 0. The second kappa shape index (κ2) is 5.91. The van der Waals surface area contributed by atoms with Crippen molar-refractivity contribution in [3.05, 3.63) is 36.2 Å². The minimum Gasteiger partial charge on any atom is -0.384 e. The summed E-state index contributed by atoms with van der Waals surface area (Å²) in [7, 11) is 0. The van der Waals surface area contributed by atoms with Crippen molar-refractivity contribution in [2.24, 2.45) is 5.41 Å². The second-order valence-corrected chi connectivity index (χ2v) is 7.45. The van der Waals surface area contributed by atoms with Crippen molar-refractivity contribution in [2.45, 2.75) is 40.5 Å². The molecule has 0 fully saturated rings. The Morgan fingerprint density at radius 3 is 2.56 bits per heavy atom. The van der Waals surface area contributed by atoms with Crippen molar-refractivity contribution in [1.82, 2.24) is 19.7 Å². The van der Waals surface area contributed by atoms with Crippen LogP contribution in [0, 0.1) is 5.41 Å². The topological polar surface area (TPSA) is 88.0 Å². The Bertz CT molecular complexity index is 931. The zero-order chi connectivity index (χ0) is 18.4. The number of nitrogens with zero attached hydrogens (tertiary/aromatic N) is 4. The van der Waals surface area contributed by atoms with Gasteiger partial charge in [0.05, 0.1) is 23.0 Å². The van der Waals surface area contributed by atoms with Crippen molar-refractivity contribution < 1.29 is 9.63 Å². The van der Waals surface area contributed by atoms with Crippen LogP contribution >= 0.6 is 0 Å².